The molecule has 1 aliphatic rings. The summed E-state index contributed by atoms with van der Waals surface area (Å²) < 4.78 is 0. The van der Waals surface area contributed by atoms with Crippen LogP contribution in [-0.2, 0) is 5.75 Å². The van der Waals surface area contributed by atoms with Crippen LogP contribution in [0.3, 0.4) is 0 Å². The molecule has 0 fully saturated rings. The van der Waals surface area contributed by atoms with Crippen molar-refractivity contribution < 1.29 is 9.59 Å². The van der Waals surface area contributed by atoms with Crippen molar-refractivity contribution in [3.63, 3.8) is 0 Å². The predicted octanol–water partition coefficient (Wildman–Crippen LogP) is 3.23. The molecule has 0 aliphatic carbocycles. The summed E-state index contributed by atoms with van der Waals surface area (Å²) in [6.45, 7) is 0. The Labute approximate surface area is 128 Å². The van der Waals surface area contributed by atoms with Crippen LogP contribution in [0, 0.1) is 0 Å². The number of carbonyl (C=O) groups excluding carboxylic acids is 2. The maximum atomic E-state index is 12.7. The summed E-state index contributed by atoms with van der Waals surface area (Å²) >= 11 is 1.61. The van der Waals surface area contributed by atoms with Crippen LogP contribution in [-0.4, -0.2) is 30.7 Å². The molecular weight excluding hydrogens is 282 g/mol. The smallest absolute Gasteiger partial charge is 0.253 e. The molecule has 0 radical (unpaired) electrons. The summed E-state index contributed by atoms with van der Waals surface area (Å²) in [5.41, 5.74) is 2.81. The first-order valence-electron chi connectivity index (χ1n) is 6.69. The average Bonchev–Trinajstić information content (AvgIpc) is 2.64. The van der Waals surface area contributed by atoms with E-state index in [9.17, 15) is 9.59 Å². The SMILES string of the molecule is CN(C)C(=O)c1cccc2c1CSc1ccccc1C2=O. The second kappa shape index (κ2) is 5.37. The minimum Gasteiger partial charge on any atom is -0.345 e. The van der Waals surface area contributed by atoms with Crippen molar-refractivity contribution in [1.29, 1.82) is 0 Å². The molecule has 0 atom stereocenters. The largest absolute Gasteiger partial charge is 0.345 e. The van der Waals surface area contributed by atoms with Gasteiger partial charge < -0.3 is 4.90 Å². The van der Waals surface area contributed by atoms with Gasteiger partial charge in [-0.2, -0.15) is 0 Å². The fourth-order valence-corrected chi connectivity index (χ4v) is 3.57. The minimum atomic E-state index is -0.0637. The summed E-state index contributed by atoms with van der Waals surface area (Å²) in [6.07, 6.45) is 0. The Morgan fingerprint density at radius 1 is 1.05 bits per heavy atom. The van der Waals surface area contributed by atoms with Crippen LogP contribution in [0.4, 0.5) is 0 Å². The standard InChI is InChI=1S/C17H15NO2S/c1-18(2)17(20)12-8-5-7-11-14(12)10-21-15-9-4-3-6-13(15)16(11)19/h3-9H,10H2,1-2H3. The first kappa shape index (κ1) is 13.9. The molecule has 3 rings (SSSR count). The van der Waals surface area contributed by atoms with Crippen LogP contribution in [0.2, 0.25) is 0 Å². The molecule has 0 N–H and O–H groups in total. The number of nitrogens with zero attached hydrogens (tertiary/aromatic N) is 1. The van der Waals surface area contributed by atoms with Crippen molar-refractivity contribution in [1.82, 2.24) is 4.90 Å². The lowest BCUT2D eigenvalue weighted by Gasteiger charge is -2.15. The van der Waals surface area contributed by atoms with E-state index in [0.29, 0.717) is 16.9 Å². The third kappa shape index (κ3) is 2.36. The molecule has 2 aromatic carbocycles. The van der Waals surface area contributed by atoms with Gasteiger partial charge in [-0.25, -0.2) is 0 Å². The van der Waals surface area contributed by atoms with Crippen LogP contribution in [0.5, 0.6) is 0 Å². The highest BCUT2D eigenvalue weighted by molar-refractivity contribution is 7.98. The Balaban J connectivity index is 2.17. The van der Waals surface area contributed by atoms with Crippen molar-refractivity contribution in [3.05, 3.63) is 64.7 Å². The van der Waals surface area contributed by atoms with Gasteiger partial charge in [-0.05, 0) is 23.8 Å². The van der Waals surface area contributed by atoms with Gasteiger partial charge in [0.2, 0.25) is 0 Å². The van der Waals surface area contributed by atoms with Crippen molar-refractivity contribution in [2.75, 3.05) is 14.1 Å². The molecule has 21 heavy (non-hydrogen) atoms. The van der Waals surface area contributed by atoms with E-state index < -0.39 is 0 Å². The number of rotatable bonds is 1. The van der Waals surface area contributed by atoms with Gasteiger partial charge >= 0.3 is 0 Å². The molecule has 1 amide bonds. The summed E-state index contributed by atoms with van der Waals surface area (Å²) in [5.74, 6) is 0.568. The monoisotopic (exact) mass is 297 g/mol. The number of thioether (sulfide) groups is 1. The van der Waals surface area contributed by atoms with Crippen molar-refractivity contribution in [3.8, 4) is 0 Å². The van der Waals surface area contributed by atoms with E-state index >= 15 is 0 Å². The lowest BCUT2D eigenvalue weighted by Crippen LogP contribution is -2.23. The fraction of sp³-hybridized carbons (Fsp3) is 0.176. The first-order chi connectivity index (χ1) is 10.1. The third-order valence-electron chi connectivity index (χ3n) is 3.56. The first-order valence-corrected chi connectivity index (χ1v) is 7.68. The van der Waals surface area contributed by atoms with Gasteiger partial charge in [-0.15, -0.1) is 11.8 Å². The second-order valence-corrected chi connectivity index (χ2v) is 6.16. The maximum Gasteiger partial charge on any atom is 0.253 e. The Kier molecular flexibility index (Phi) is 3.55. The molecule has 0 saturated heterocycles. The van der Waals surface area contributed by atoms with E-state index in [2.05, 4.69) is 0 Å². The lowest BCUT2D eigenvalue weighted by molar-refractivity contribution is 0.0827. The second-order valence-electron chi connectivity index (χ2n) is 5.15. The maximum absolute atomic E-state index is 12.7. The van der Waals surface area contributed by atoms with Crippen LogP contribution in [0.25, 0.3) is 0 Å². The zero-order chi connectivity index (χ0) is 15.0. The Morgan fingerprint density at radius 3 is 2.52 bits per heavy atom. The van der Waals surface area contributed by atoms with E-state index in [4.69, 9.17) is 0 Å². The number of ketones is 1. The molecule has 1 heterocycles. The van der Waals surface area contributed by atoms with Gasteiger partial charge in [-0.1, -0.05) is 24.3 Å². The van der Waals surface area contributed by atoms with E-state index in [1.807, 2.05) is 30.3 Å². The van der Waals surface area contributed by atoms with Gasteiger partial charge in [0, 0.05) is 41.4 Å². The number of fused-ring (bicyclic) bond motifs is 2. The number of carbonyl (C=O) groups is 2. The summed E-state index contributed by atoms with van der Waals surface area (Å²) in [7, 11) is 3.45. The fourth-order valence-electron chi connectivity index (χ4n) is 2.47. The number of hydrogen-bond acceptors (Lipinski definition) is 3. The molecule has 2 aromatic rings. The number of amides is 1. The molecule has 4 heteroatoms. The van der Waals surface area contributed by atoms with Gasteiger partial charge in [-0.3, -0.25) is 9.59 Å². The average molecular weight is 297 g/mol. The zero-order valence-electron chi connectivity index (χ0n) is 11.9. The highest BCUT2D eigenvalue weighted by Gasteiger charge is 2.25. The minimum absolute atomic E-state index is 0.000920. The summed E-state index contributed by atoms with van der Waals surface area (Å²) in [4.78, 5) is 27.6. The molecule has 0 bridgehead atoms. The highest BCUT2D eigenvalue weighted by atomic mass is 32.2. The zero-order valence-corrected chi connectivity index (χ0v) is 12.7. The summed E-state index contributed by atoms with van der Waals surface area (Å²) in [5, 5.41) is 0. The predicted molar refractivity (Wildman–Crippen MR) is 83.9 cm³/mol. The van der Waals surface area contributed by atoms with Gasteiger partial charge in [0.05, 0.1) is 0 Å². The molecule has 0 saturated carbocycles. The molecular formula is C17H15NO2S. The van der Waals surface area contributed by atoms with Crippen LogP contribution in [0.15, 0.2) is 47.4 Å². The van der Waals surface area contributed by atoms with Gasteiger partial charge in [0.15, 0.2) is 5.78 Å². The van der Waals surface area contributed by atoms with E-state index in [1.165, 1.54) is 0 Å². The quantitative estimate of drug-likeness (QED) is 0.811. The Morgan fingerprint density at radius 2 is 1.76 bits per heavy atom. The molecule has 1 aliphatic heterocycles. The van der Waals surface area contributed by atoms with E-state index in [-0.39, 0.29) is 11.7 Å². The lowest BCUT2D eigenvalue weighted by atomic mass is 9.95. The van der Waals surface area contributed by atoms with Gasteiger partial charge in [0.25, 0.3) is 5.91 Å². The normalized spacial score (nSPS) is 13.1. The molecule has 3 nitrogen and oxygen atoms in total. The highest BCUT2D eigenvalue weighted by Crippen LogP contribution is 2.35. The third-order valence-corrected chi connectivity index (χ3v) is 4.66. The van der Waals surface area contributed by atoms with Crippen LogP contribution < -0.4 is 0 Å². The van der Waals surface area contributed by atoms with Crippen LogP contribution in [0.1, 0.15) is 31.8 Å². The topological polar surface area (TPSA) is 37.4 Å². The molecule has 106 valence electrons. The number of hydrogen-bond donors (Lipinski definition) is 0. The Hall–Kier alpha value is -2.07. The van der Waals surface area contributed by atoms with Crippen molar-refractivity contribution in [2.24, 2.45) is 0 Å². The molecule has 0 spiro atoms. The molecule has 0 aromatic heterocycles. The number of benzene rings is 2. The van der Waals surface area contributed by atoms with E-state index in [1.54, 1.807) is 42.9 Å². The Bertz CT molecular complexity index is 737. The van der Waals surface area contributed by atoms with Crippen LogP contribution >= 0.6 is 11.8 Å². The summed E-state index contributed by atoms with van der Waals surface area (Å²) in [6, 6.07) is 13.0. The van der Waals surface area contributed by atoms with Crippen molar-refractivity contribution in [2.45, 2.75) is 10.6 Å². The van der Waals surface area contributed by atoms with E-state index in [0.717, 1.165) is 16.0 Å². The van der Waals surface area contributed by atoms with Crippen molar-refractivity contribution >= 4 is 23.5 Å². The molecule has 0 unspecified atom stereocenters. The van der Waals surface area contributed by atoms with Gasteiger partial charge in [0.1, 0.15) is 0 Å².